The molecule has 0 saturated carbocycles. The number of hydrogen-bond donors (Lipinski definition) is 0. The van der Waals surface area contributed by atoms with Gasteiger partial charge in [0, 0.05) is 16.9 Å². The fourth-order valence-electron chi connectivity index (χ4n) is 5.75. The van der Waals surface area contributed by atoms with Crippen molar-refractivity contribution in [3.63, 3.8) is 0 Å². The largest absolute Gasteiger partial charge is 0.493 e. The Morgan fingerprint density at radius 3 is 2.27 bits per heavy atom. The number of rotatable bonds is 6. The minimum absolute atomic E-state index is 0.0658. The van der Waals surface area contributed by atoms with Gasteiger partial charge in [0.15, 0.2) is 16.4 Å². The number of nitrogens with zero attached hydrogens (tertiary/aromatic N) is 3. The van der Waals surface area contributed by atoms with Crippen LogP contribution < -0.4 is 19.1 Å². The number of urea groups is 1. The number of carbonyl (C=O) groups is 4. The highest BCUT2D eigenvalue weighted by molar-refractivity contribution is 8.01. The van der Waals surface area contributed by atoms with Crippen molar-refractivity contribution in [1.29, 1.82) is 0 Å². The second-order valence-electron chi connectivity index (χ2n) is 9.91. The molecule has 0 unspecified atom stereocenters. The lowest BCUT2D eigenvalue weighted by Crippen LogP contribution is -2.52. The molecular formula is C30H27N3O7S. The standard InChI is InChI=1S/C30H27N3O7S/c1-17-10-11-21-20(12-17)30(28(36)32(21)26(34)19-8-6-5-7-9-19)33-22(16-41-30)27(35)31(29(33)37)15-18-13-23(38-2)25(40-4)24(14-18)39-3/h5-14,22H,15-16H2,1-4H3/t22-,30+/m0/s1. The van der Waals surface area contributed by atoms with Crippen LogP contribution in [0.2, 0.25) is 0 Å². The second-order valence-corrected chi connectivity index (χ2v) is 11.1. The average Bonchev–Trinajstić information content (AvgIpc) is 3.58. The maximum Gasteiger partial charge on any atom is 0.329 e. The molecule has 3 aromatic rings. The number of amides is 5. The summed E-state index contributed by atoms with van der Waals surface area (Å²) in [6.45, 7) is 1.81. The summed E-state index contributed by atoms with van der Waals surface area (Å²) in [5, 5.41) is 0. The lowest BCUT2D eigenvalue weighted by molar-refractivity contribution is -0.128. The van der Waals surface area contributed by atoms with Crippen LogP contribution in [-0.4, -0.2) is 66.7 Å². The number of aryl methyl sites for hydroxylation is 1. The highest BCUT2D eigenvalue weighted by atomic mass is 32.2. The Bertz CT molecular complexity index is 1590. The first kappa shape index (κ1) is 26.7. The molecule has 5 amide bonds. The molecule has 0 N–H and O–H groups in total. The fraction of sp³-hybridized carbons (Fsp3) is 0.267. The zero-order chi connectivity index (χ0) is 29.1. The van der Waals surface area contributed by atoms with Crippen molar-refractivity contribution in [3.8, 4) is 17.2 Å². The van der Waals surface area contributed by atoms with Gasteiger partial charge in [0.25, 0.3) is 17.7 Å². The number of thioether (sulfide) groups is 1. The quantitative estimate of drug-likeness (QED) is 0.323. The van der Waals surface area contributed by atoms with Crippen molar-refractivity contribution >= 4 is 41.2 Å². The number of benzene rings is 3. The monoisotopic (exact) mass is 573 g/mol. The van der Waals surface area contributed by atoms with E-state index < -0.39 is 34.7 Å². The molecule has 6 rings (SSSR count). The van der Waals surface area contributed by atoms with Crippen LogP contribution in [0.25, 0.3) is 0 Å². The van der Waals surface area contributed by atoms with E-state index in [1.54, 1.807) is 48.5 Å². The molecule has 3 aliphatic heterocycles. The van der Waals surface area contributed by atoms with Gasteiger partial charge in [-0.3, -0.25) is 24.2 Å². The molecule has 0 radical (unpaired) electrons. The summed E-state index contributed by atoms with van der Waals surface area (Å²) < 4.78 is 16.3. The van der Waals surface area contributed by atoms with E-state index in [0.29, 0.717) is 39.6 Å². The number of methoxy groups -OCH3 is 3. The molecule has 0 aliphatic carbocycles. The SMILES string of the molecule is COc1cc(CN2C(=O)[C@@H]3CS[C@]4(C(=O)N(C(=O)c5ccccc5)c5ccc(C)cc54)N3C2=O)cc(OC)c1OC. The Hall–Kier alpha value is -4.51. The Morgan fingerprint density at radius 1 is 0.951 bits per heavy atom. The molecule has 1 spiro atoms. The zero-order valence-corrected chi connectivity index (χ0v) is 23.7. The summed E-state index contributed by atoms with van der Waals surface area (Å²) in [7, 11) is 4.46. The second kappa shape index (κ2) is 9.84. The van der Waals surface area contributed by atoms with Gasteiger partial charge < -0.3 is 14.2 Å². The third-order valence-corrected chi connectivity index (χ3v) is 9.12. The van der Waals surface area contributed by atoms with Gasteiger partial charge in [-0.15, -0.1) is 11.8 Å². The molecular weight excluding hydrogens is 546 g/mol. The lowest BCUT2D eigenvalue weighted by Gasteiger charge is -2.32. The Morgan fingerprint density at radius 2 is 1.63 bits per heavy atom. The summed E-state index contributed by atoms with van der Waals surface area (Å²) in [5.41, 5.74) is 2.72. The van der Waals surface area contributed by atoms with E-state index in [1.807, 2.05) is 19.1 Å². The number of imide groups is 2. The van der Waals surface area contributed by atoms with Crippen molar-refractivity contribution in [3.05, 3.63) is 82.9 Å². The minimum atomic E-state index is -1.55. The molecule has 11 heteroatoms. The number of fused-ring (bicyclic) bond motifs is 4. The minimum Gasteiger partial charge on any atom is -0.493 e. The normalized spacial score (nSPS) is 21.0. The third kappa shape index (κ3) is 3.79. The third-order valence-electron chi connectivity index (χ3n) is 7.63. The van der Waals surface area contributed by atoms with Gasteiger partial charge in [-0.2, -0.15) is 0 Å². The molecule has 3 heterocycles. The van der Waals surface area contributed by atoms with E-state index in [1.165, 1.54) is 38.0 Å². The van der Waals surface area contributed by atoms with Crippen LogP contribution in [0.5, 0.6) is 17.2 Å². The van der Waals surface area contributed by atoms with Gasteiger partial charge in [0.2, 0.25) is 5.75 Å². The van der Waals surface area contributed by atoms with Crippen LogP contribution >= 0.6 is 11.8 Å². The van der Waals surface area contributed by atoms with Gasteiger partial charge >= 0.3 is 6.03 Å². The Labute approximate surface area is 240 Å². The maximum atomic E-state index is 14.3. The molecule has 0 bridgehead atoms. The summed E-state index contributed by atoms with van der Waals surface area (Å²) in [6, 6.07) is 15.8. The van der Waals surface area contributed by atoms with Gasteiger partial charge in [-0.05, 0) is 42.8 Å². The van der Waals surface area contributed by atoms with Crippen LogP contribution in [-0.2, 0) is 21.0 Å². The van der Waals surface area contributed by atoms with E-state index in [9.17, 15) is 19.2 Å². The van der Waals surface area contributed by atoms with Gasteiger partial charge in [0.05, 0.1) is 33.6 Å². The molecule has 3 aliphatic rings. The van der Waals surface area contributed by atoms with Crippen LogP contribution in [0.15, 0.2) is 60.7 Å². The first-order valence-electron chi connectivity index (χ1n) is 12.9. The highest BCUT2D eigenvalue weighted by Gasteiger charge is 2.68. The molecule has 41 heavy (non-hydrogen) atoms. The molecule has 210 valence electrons. The van der Waals surface area contributed by atoms with E-state index in [-0.39, 0.29) is 12.3 Å². The summed E-state index contributed by atoms with van der Waals surface area (Å²) in [5.74, 6) is -0.0894. The van der Waals surface area contributed by atoms with Crippen molar-refractivity contribution in [2.24, 2.45) is 0 Å². The predicted octanol–water partition coefficient (Wildman–Crippen LogP) is 3.94. The number of anilines is 1. The number of ether oxygens (including phenoxy) is 3. The van der Waals surface area contributed by atoms with Crippen LogP contribution in [0, 0.1) is 6.92 Å². The van der Waals surface area contributed by atoms with E-state index in [4.69, 9.17) is 14.2 Å². The molecule has 0 aromatic heterocycles. The molecule has 2 fully saturated rings. The number of hydrogen-bond acceptors (Lipinski definition) is 8. The Kier molecular flexibility index (Phi) is 6.41. The zero-order valence-electron chi connectivity index (χ0n) is 22.9. The average molecular weight is 574 g/mol. The molecule has 2 atom stereocenters. The Balaban J connectivity index is 1.40. The summed E-state index contributed by atoms with van der Waals surface area (Å²) >= 11 is 1.21. The topological polar surface area (TPSA) is 106 Å². The molecule has 2 saturated heterocycles. The van der Waals surface area contributed by atoms with Gasteiger partial charge in [-0.1, -0.05) is 35.9 Å². The van der Waals surface area contributed by atoms with Crippen LogP contribution in [0.4, 0.5) is 10.5 Å². The smallest absolute Gasteiger partial charge is 0.329 e. The van der Waals surface area contributed by atoms with E-state index >= 15 is 0 Å². The molecule has 10 nitrogen and oxygen atoms in total. The maximum absolute atomic E-state index is 14.3. The van der Waals surface area contributed by atoms with Crippen molar-refractivity contribution in [2.45, 2.75) is 24.4 Å². The van der Waals surface area contributed by atoms with Crippen LogP contribution in [0.1, 0.15) is 27.0 Å². The highest BCUT2D eigenvalue weighted by Crippen LogP contribution is 2.58. The first-order chi connectivity index (χ1) is 19.8. The van der Waals surface area contributed by atoms with Crippen molar-refractivity contribution in [2.75, 3.05) is 32.0 Å². The summed E-state index contributed by atoms with van der Waals surface area (Å²) in [6.07, 6.45) is 0. The number of carbonyl (C=O) groups excluding carboxylic acids is 4. The van der Waals surface area contributed by atoms with E-state index in [0.717, 1.165) is 15.4 Å². The van der Waals surface area contributed by atoms with Gasteiger partial charge in [-0.25, -0.2) is 9.69 Å². The lowest BCUT2D eigenvalue weighted by atomic mass is 10.0. The fourth-order valence-corrected chi connectivity index (χ4v) is 7.32. The summed E-state index contributed by atoms with van der Waals surface area (Å²) in [4.78, 5) is 57.8. The van der Waals surface area contributed by atoms with Crippen LogP contribution in [0.3, 0.4) is 0 Å². The van der Waals surface area contributed by atoms with E-state index in [2.05, 4.69) is 0 Å². The first-order valence-corrected chi connectivity index (χ1v) is 13.9. The predicted molar refractivity (Wildman–Crippen MR) is 151 cm³/mol. The molecule has 3 aromatic carbocycles. The van der Waals surface area contributed by atoms with Gasteiger partial charge in [0.1, 0.15) is 6.04 Å². The van der Waals surface area contributed by atoms with Crippen molar-refractivity contribution in [1.82, 2.24) is 9.80 Å². The van der Waals surface area contributed by atoms with Crippen molar-refractivity contribution < 1.29 is 33.4 Å².